The second-order valence-electron chi connectivity index (χ2n) is 4.89. The van der Waals surface area contributed by atoms with Crippen LogP contribution in [0.15, 0.2) is 22.7 Å². The molecule has 1 saturated heterocycles. The first-order valence-electron chi connectivity index (χ1n) is 6.36. The van der Waals surface area contributed by atoms with Crippen LogP contribution in [0.5, 0.6) is 0 Å². The third-order valence-electron chi connectivity index (χ3n) is 3.45. The Morgan fingerprint density at radius 2 is 2.17 bits per heavy atom. The van der Waals surface area contributed by atoms with E-state index < -0.39 is 0 Å². The number of anilines is 1. The van der Waals surface area contributed by atoms with Crippen LogP contribution in [0.2, 0.25) is 0 Å². The van der Waals surface area contributed by atoms with Gasteiger partial charge in [0.05, 0.1) is 0 Å². The summed E-state index contributed by atoms with van der Waals surface area (Å²) in [7, 11) is 2.16. The van der Waals surface area contributed by atoms with Crippen LogP contribution in [0.1, 0.15) is 18.4 Å². The second kappa shape index (κ2) is 6.34. The molecule has 3 nitrogen and oxygen atoms in total. The van der Waals surface area contributed by atoms with Gasteiger partial charge in [-0.2, -0.15) is 0 Å². The minimum Gasteiger partial charge on any atom is -0.382 e. The molecule has 0 radical (unpaired) electrons. The molecular weight excluding hydrogens is 292 g/mol. The SMILES string of the molecule is CN1CCC(Nc2cc(Br)ccc2CC=O)CC1. The number of carbonyl (C=O) groups is 1. The van der Waals surface area contributed by atoms with Gasteiger partial charge in [-0.1, -0.05) is 22.0 Å². The number of benzene rings is 1. The molecule has 1 fully saturated rings. The van der Waals surface area contributed by atoms with E-state index in [9.17, 15) is 4.79 Å². The van der Waals surface area contributed by atoms with Crippen molar-refractivity contribution in [2.75, 3.05) is 25.5 Å². The number of carbonyl (C=O) groups excluding carboxylic acids is 1. The van der Waals surface area contributed by atoms with E-state index in [0.29, 0.717) is 12.5 Å². The van der Waals surface area contributed by atoms with Gasteiger partial charge in [0, 0.05) is 22.6 Å². The first-order valence-corrected chi connectivity index (χ1v) is 7.15. The van der Waals surface area contributed by atoms with Crippen LogP contribution < -0.4 is 5.32 Å². The highest BCUT2D eigenvalue weighted by Gasteiger charge is 2.17. The van der Waals surface area contributed by atoms with E-state index in [2.05, 4.69) is 39.3 Å². The molecule has 0 saturated carbocycles. The molecule has 1 aliphatic rings. The van der Waals surface area contributed by atoms with Crippen molar-refractivity contribution in [3.05, 3.63) is 28.2 Å². The highest BCUT2D eigenvalue weighted by Crippen LogP contribution is 2.24. The molecule has 0 aromatic heterocycles. The van der Waals surface area contributed by atoms with Gasteiger partial charge in [0.15, 0.2) is 0 Å². The summed E-state index contributed by atoms with van der Waals surface area (Å²) in [4.78, 5) is 13.1. The van der Waals surface area contributed by atoms with Crippen molar-refractivity contribution in [3.63, 3.8) is 0 Å². The van der Waals surface area contributed by atoms with E-state index in [1.54, 1.807) is 0 Å². The Bertz CT molecular complexity index is 414. The molecule has 0 atom stereocenters. The summed E-state index contributed by atoms with van der Waals surface area (Å²) in [6.45, 7) is 2.27. The predicted molar refractivity (Wildman–Crippen MR) is 78.1 cm³/mol. The van der Waals surface area contributed by atoms with Gasteiger partial charge in [0.1, 0.15) is 6.29 Å². The van der Waals surface area contributed by atoms with Gasteiger partial charge in [0.25, 0.3) is 0 Å². The summed E-state index contributed by atoms with van der Waals surface area (Å²) < 4.78 is 1.05. The number of piperidine rings is 1. The van der Waals surface area contributed by atoms with E-state index in [4.69, 9.17) is 0 Å². The molecule has 4 heteroatoms. The van der Waals surface area contributed by atoms with Gasteiger partial charge in [-0.3, -0.25) is 0 Å². The summed E-state index contributed by atoms with van der Waals surface area (Å²) in [6, 6.07) is 6.58. The zero-order valence-corrected chi connectivity index (χ0v) is 12.2. The van der Waals surface area contributed by atoms with Crippen molar-refractivity contribution in [2.45, 2.75) is 25.3 Å². The number of aldehydes is 1. The van der Waals surface area contributed by atoms with Crippen molar-refractivity contribution in [2.24, 2.45) is 0 Å². The molecule has 0 unspecified atom stereocenters. The monoisotopic (exact) mass is 310 g/mol. The zero-order valence-electron chi connectivity index (χ0n) is 10.7. The summed E-state index contributed by atoms with van der Waals surface area (Å²) in [5.74, 6) is 0. The van der Waals surface area contributed by atoms with E-state index in [1.165, 1.54) is 0 Å². The molecule has 98 valence electrons. The third kappa shape index (κ3) is 3.56. The molecule has 0 bridgehead atoms. The quantitative estimate of drug-likeness (QED) is 0.868. The van der Waals surface area contributed by atoms with Crippen molar-refractivity contribution in [3.8, 4) is 0 Å². The average molecular weight is 311 g/mol. The summed E-state index contributed by atoms with van der Waals surface area (Å²) in [5, 5.41) is 3.58. The molecule has 2 rings (SSSR count). The number of hydrogen-bond donors (Lipinski definition) is 1. The van der Waals surface area contributed by atoms with Crippen molar-refractivity contribution < 1.29 is 4.79 Å². The minimum absolute atomic E-state index is 0.474. The molecule has 18 heavy (non-hydrogen) atoms. The predicted octanol–water partition coefficient (Wildman–Crippen LogP) is 2.70. The van der Waals surface area contributed by atoms with E-state index in [-0.39, 0.29) is 0 Å². The second-order valence-corrected chi connectivity index (χ2v) is 5.81. The van der Waals surface area contributed by atoms with Crippen LogP contribution in [-0.4, -0.2) is 37.4 Å². The first kappa shape index (κ1) is 13.6. The molecule has 1 aromatic carbocycles. The standard InChI is InChI=1S/C14H19BrN2O/c1-17-7-4-13(5-8-17)16-14-10-12(15)3-2-11(14)6-9-18/h2-3,9-10,13,16H,4-8H2,1H3. The minimum atomic E-state index is 0.474. The largest absolute Gasteiger partial charge is 0.382 e. The Kier molecular flexibility index (Phi) is 4.78. The summed E-state index contributed by atoms with van der Waals surface area (Å²) in [5.41, 5.74) is 2.16. The fraction of sp³-hybridized carbons (Fsp3) is 0.500. The molecular formula is C14H19BrN2O. The Balaban J connectivity index is 2.07. The normalized spacial score (nSPS) is 17.7. The maximum Gasteiger partial charge on any atom is 0.124 e. The van der Waals surface area contributed by atoms with Gasteiger partial charge in [-0.25, -0.2) is 0 Å². The lowest BCUT2D eigenvalue weighted by Crippen LogP contribution is -2.36. The maximum absolute atomic E-state index is 10.7. The van der Waals surface area contributed by atoms with Crippen LogP contribution in [0.4, 0.5) is 5.69 Å². The zero-order chi connectivity index (χ0) is 13.0. The lowest BCUT2D eigenvalue weighted by Gasteiger charge is -2.30. The summed E-state index contributed by atoms with van der Waals surface area (Å²) >= 11 is 3.49. The number of hydrogen-bond acceptors (Lipinski definition) is 3. The van der Waals surface area contributed by atoms with Crippen LogP contribution in [0.3, 0.4) is 0 Å². The lowest BCUT2D eigenvalue weighted by atomic mass is 10.0. The smallest absolute Gasteiger partial charge is 0.124 e. The highest BCUT2D eigenvalue weighted by molar-refractivity contribution is 9.10. The molecule has 0 amide bonds. The number of likely N-dealkylation sites (tertiary alicyclic amines) is 1. The maximum atomic E-state index is 10.7. The Morgan fingerprint density at radius 1 is 1.44 bits per heavy atom. The number of rotatable bonds is 4. The molecule has 1 N–H and O–H groups in total. The van der Waals surface area contributed by atoms with Crippen LogP contribution in [-0.2, 0) is 11.2 Å². The van der Waals surface area contributed by atoms with E-state index in [1.807, 2.05) is 12.1 Å². The highest BCUT2D eigenvalue weighted by atomic mass is 79.9. The fourth-order valence-electron chi connectivity index (χ4n) is 2.32. The molecule has 0 aliphatic carbocycles. The van der Waals surface area contributed by atoms with Crippen molar-refractivity contribution >= 4 is 27.9 Å². The van der Waals surface area contributed by atoms with E-state index >= 15 is 0 Å². The number of halogens is 1. The first-order chi connectivity index (χ1) is 8.69. The number of nitrogens with zero attached hydrogens (tertiary/aromatic N) is 1. The third-order valence-corrected chi connectivity index (χ3v) is 3.95. The van der Waals surface area contributed by atoms with Gasteiger partial charge in [-0.15, -0.1) is 0 Å². The average Bonchev–Trinajstić information content (AvgIpc) is 2.36. The Morgan fingerprint density at radius 3 is 2.83 bits per heavy atom. The van der Waals surface area contributed by atoms with Crippen molar-refractivity contribution in [1.29, 1.82) is 0 Å². The lowest BCUT2D eigenvalue weighted by molar-refractivity contribution is -0.107. The molecule has 0 spiro atoms. The Hall–Kier alpha value is -0.870. The molecule has 1 aliphatic heterocycles. The van der Waals surface area contributed by atoms with Crippen LogP contribution in [0, 0.1) is 0 Å². The van der Waals surface area contributed by atoms with Gasteiger partial charge >= 0.3 is 0 Å². The van der Waals surface area contributed by atoms with Gasteiger partial charge in [0.2, 0.25) is 0 Å². The van der Waals surface area contributed by atoms with Crippen LogP contribution >= 0.6 is 15.9 Å². The topological polar surface area (TPSA) is 32.3 Å². The fourth-order valence-corrected chi connectivity index (χ4v) is 2.68. The summed E-state index contributed by atoms with van der Waals surface area (Å²) in [6.07, 6.45) is 3.75. The van der Waals surface area contributed by atoms with Crippen molar-refractivity contribution in [1.82, 2.24) is 4.90 Å². The molecule has 1 aromatic rings. The Labute approximate surface area is 117 Å². The van der Waals surface area contributed by atoms with Crippen LogP contribution in [0.25, 0.3) is 0 Å². The van der Waals surface area contributed by atoms with Gasteiger partial charge in [-0.05, 0) is 50.7 Å². The number of nitrogens with one attached hydrogen (secondary N) is 1. The van der Waals surface area contributed by atoms with Gasteiger partial charge < -0.3 is 15.0 Å². The van der Waals surface area contributed by atoms with E-state index in [0.717, 1.165) is 47.9 Å². The molecule has 1 heterocycles.